The number of likely N-dealkylation sites (tertiary alicyclic amines) is 1. The van der Waals surface area contributed by atoms with Gasteiger partial charge in [0.15, 0.2) is 0 Å². The van der Waals surface area contributed by atoms with Crippen LogP contribution in [0, 0.1) is 5.82 Å². The van der Waals surface area contributed by atoms with Crippen molar-refractivity contribution in [2.24, 2.45) is 0 Å². The molecule has 1 aromatic carbocycles. The molecule has 148 valence electrons. The maximum atomic E-state index is 13.7. The molecule has 0 aromatic heterocycles. The molecule has 1 heterocycles. The highest BCUT2D eigenvalue weighted by Gasteiger charge is 2.24. The van der Waals surface area contributed by atoms with Gasteiger partial charge in [-0.2, -0.15) is 0 Å². The van der Waals surface area contributed by atoms with E-state index in [0.29, 0.717) is 37.5 Å². The molecule has 5 nitrogen and oxygen atoms in total. The van der Waals surface area contributed by atoms with Crippen LogP contribution in [0.25, 0.3) is 0 Å². The van der Waals surface area contributed by atoms with Crippen LogP contribution in [0.15, 0.2) is 24.3 Å². The number of carbonyl (C=O) groups is 2. The fourth-order valence-electron chi connectivity index (χ4n) is 4.03. The van der Waals surface area contributed by atoms with Crippen LogP contribution in [0.3, 0.4) is 0 Å². The molecule has 2 aliphatic rings. The molecular weight excluding hydrogens is 345 g/mol. The maximum absolute atomic E-state index is 13.7. The summed E-state index contributed by atoms with van der Waals surface area (Å²) in [7, 11) is 0. The SMILES string of the molecule is O=C(NC1CCCCC1)NC1CCN(C(=O)CCc2ccccc2F)CC1. The Balaban J connectivity index is 1.36. The third kappa shape index (κ3) is 5.94. The third-order valence-corrected chi connectivity index (χ3v) is 5.69. The van der Waals surface area contributed by atoms with Gasteiger partial charge in [-0.05, 0) is 43.7 Å². The fourth-order valence-corrected chi connectivity index (χ4v) is 4.03. The first kappa shape index (κ1) is 19.6. The van der Waals surface area contributed by atoms with E-state index in [1.165, 1.54) is 25.3 Å². The second kappa shape index (κ2) is 9.72. The van der Waals surface area contributed by atoms with E-state index in [-0.39, 0.29) is 23.8 Å². The number of halogens is 1. The fraction of sp³-hybridized carbons (Fsp3) is 0.619. The average Bonchev–Trinajstić information content (AvgIpc) is 2.68. The van der Waals surface area contributed by atoms with Crippen LogP contribution in [0.1, 0.15) is 56.9 Å². The number of urea groups is 1. The monoisotopic (exact) mass is 375 g/mol. The predicted molar refractivity (Wildman–Crippen MR) is 103 cm³/mol. The van der Waals surface area contributed by atoms with Crippen molar-refractivity contribution in [2.45, 2.75) is 69.9 Å². The highest BCUT2D eigenvalue weighted by Crippen LogP contribution is 2.18. The van der Waals surface area contributed by atoms with E-state index in [1.54, 1.807) is 18.2 Å². The van der Waals surface area contributed by atoms with Crippen molar-refractivity contribution in [2.75, 3.05) is 13.1 Å². The van der Waals surface area contributed by atoms with E-state index >= 15 is 0 Å². The number of hydrogen-bond acceptors (Lipinski definition) is 2. The Bertz CT molecular complexity index is 638. The summed E-state index contributed by atoms with van der Waals surface area (Å²) in [4.78, 5) is 26.4. The lowest BCUT2D eigenvalue weighted by Gasteiger charge is -2.33. The maximum Gasteiger partial charge on any atom is 0.315 e. The molecule has 0 atom stereocenters. The first-order chi connectivity index (χ1) is 13.1. The molecular formula is C21H30FN3O2. The average molecular weight is 375 g/mol. The summed E-state index contributed by atoms with van der Waals surface area (Å²) >= 11 is 0. The van der Waals surface area contributed by atoms with Gasteiger partial charge in [-0.25, -0.2) is 9.18 Å². The lowest BCUT2D eigenvalue weighted by molar-refractivity contribution is -0.132. The molecule has 3 amide bonds. The van der Waals surface area contributed by atoms with Crippen molar-refractivity contribution in [3.8, 4) is 0 Å². The number of benzene rings is 1. The van der Waals surface area contributed by atoms with E-state index in [9.17, 15) is 14.0 Å². The number of amides is 3. The molecule has 1 aliphatic carbocycles. The molecule has 6 heteroatoms. The third-order valence-electron chi connectivity index (χ3n) is 5.69. The minimum atomic E-state index is -0.253. The van der Waals surface area contributed by atoms with Crippen LogP contribution in [0.4, 0.5) is 9.18 Å². The molecule has 1 saturated carbocycles. The van der Waals surface area contributed by atoms with Gasteiger partial charge >= 0.3 is 6.03 Å². The Morgan fingerprint density at radius 2 is 1.59 bits per heavy atom. The molecule has 1 aliphatic heterocycles. The van der Waals surface area contributed by atoms with Crippen molar-refractivity contribution in [3.05, 3.63) is 35.6 Å². The van der Waals surface area contributed by atoms with Crippen LogP contribution < -0.4 is 10.6 Å². The van der Waals surface area contributed by atoms with Gasteiger partial charge in [-0.15, -0.1) is 0 Å². The normalized spacial score (nSPS) is 18.9. The molecule has 2 fully saturated rings. The summed E-state index contributed by atoms with van der Waals surface area (Å²) in [6.45, 7) is 1.29. The van der Waals surface area contributed by atoms with Crippen molar-refractivity contribution >= 4 is 11.9 Å². The number of nitrogens with zero attached hydrogens (tertiary/aromatic N) is 1. The lowest BCUT2D eigenvalue weighted by Crippen LogP contribution is -2.51. The number of carbonyl (C=O) groups excluding carboxylic acids is 2. The van der Waals surface area contributed by atoms with E-state index in [2.05, 4.69) is 10.6 Å². The van der Waals surface area contributed by atoms with Gasteiger partial charge in [0.1, 0.15) is 5.82 Å². The number of piperidine rings is 1. The number of aryl methyl sites for hydroxylation is 1. The molecule has 0 radical (unpaired) electrons. The Morgan fingerprint density at radius 3 is 2.26 bits per heavy atom. The van der Waals surface area contributed by atoms with Crippen LogP contribution in [0.5, 0.6) is 0 Å². The zero-order valence-electron chi connectivity index (χ0n) is 15.9. The Labute approximate surface area is 160 Å². The second-order valence-corrected chi connectivity index (χ2v) is 7.70. The summed E-state index contributed by atoms with van der Waals surface area (Å²) in [6, 6.07) is 6.94. The van der Waals surface area contributed by atoms with Gasteiger partial charge in [-0.3, -0.25) is 4.79 Å². The van der Waals surface area contributed by atoms with Gasteiger partial charge in [0.05, 0.1) is 0 Å². The summed E-state index contributed by atoms with van der Waals surface area (Å²) in [5, 5.41) is 6.13. The second-order valence-electron chi connectivity index (χ2n) is 7.70. The van der Waals surface area contributed by atoms with Crippen molar-refractivity contribution in [1.29, 1.82) is 0 Å². The topological polar surface area (TPSA) is 61.4 Å². The van der Waals surface area contributed by atoms with Gasteiger partial charge in [0, 0.05) is 31.6 Å². The molecule has 0 unspecified atom stereocenters. The first-order valence-electron chi connectivity index (χ1n) is 10.2. The highest BCUT2D eigenvalue weighted by molar-refractivity contribution is 5.77. The molecule has 1 aromatic rings. The summed E-state index contributed by atoms with van der Waals surface area (Å²) < 4.78 is 13.7. The van der Waals surface area contributed by atoms with Crippen molar-refractivity contribution < 1.29 is 14.0 Å². The molecule has 27 heavy (non-hydrogen) atoms. The van der Waals surface area contributed by atoms with Crippen LogP contribution in [-0.2, 0) is 11.2 Å². The Morgan fingerprint density at radius 1 is 0.963 bits per heavy atom. The Hall–Kier alpha value is -2.11. The van der Waals surface area contributed by atoms with E-state index in [1.807, 2.05) is 4.90 Å². The first-order valence-corrected chi connectivity index (χ1v) is 10.2. The summed E-state index contributed by atoms with van der Waals surface area (Å²) in [5.41, 5.74) is 0.585. The summed E-state index contributed by atoms with van der Waals surface area (Å²) in [6.07, 6.45) is 8.08. The molecule has 2 N–H and O–H groups in total. The molecule has 1 saturated heterocycles. The smallest absolute Gasteiger partial charge is 0.315 e. The van der Waals surface area contributed by atoms with Crippen LogP contribution >= 0.6 is 0 Å². The molecule has 0 spiro atoms. The highest BCUT2D eigenvalue weighted by atomic mass is 19.1. The summed E-state index contributed by atoms with van der Waals surface area (Å²) in [5.74, 6) is -0.194. The molecule has 3 rings (SSSR count). The predicted octanol–water partition coefficient (Wildman–Crippen LogP) is 3.38. The number of rotatable bonds is 5. The van der Waals surface area contributed by atoms with Crippen molar-refractivity contribution in [3.63, 3.8) is 0 Å². The Kier molecular flexibility index (Phi) is 7.07. The van der Waals surface area contributed by atoms with Gasteiger partial charge in [0.25, 0.3) is 0 Å². The zero-order chi connectivity index (χ0) is 19.1. The standard InChI is InChI=1S/C21H30FN3O2/c22-19-9-5-4-6-16(19)10-11-20(26)25-14-12-18(13-15-25)24-21(27)23-17-7-2-1-3-8-17/h4-6,9,17-18H,1-3,7-8,10-15H2,(H2,23,24,27). The van der Waals surface area contributed by atoms with E-state index < -0.39 is 0 Å². The molecule has 0 bridgehead atoms. The number of hydrogen-bond donors (Lipinski definition) is 2. The van der Waals surface area contributed by atoms with Gasteiger partial charge in [-0.1, -0.05) is 37.5 Å². The minimum Gasteiger partial charge on any atom is -0.343 e. The van der Waals surface area contributed by atoms with Crippen LogP contribution in [-0.4, -0.2) is 42.0 Å². The largest absolute Gasteiger partial charge is 0.343 e. The van der Waals surface area contributed by atoms with Crippen LogP contribution in [0.2, 0.25) is 0 Å². The number of nitrogens with one attached hydrogen (secondary N) is 2. The van der Waals surface area contributed by atoms with Gasteiger partial charge in [0.2, 0.25) is 5.91 Å². The minimum absolute atomic E-state index is 0.0587. The van der Waals surface area contributed by atoms with Crippen molar-refractivity contribution in [1.82, 2.24) is 15.5 Å². The quantitative estimate of drug-likeness (QED) is 0.829. The van der Waals surface area contributed by atoms with Gasteiger partial charge < -0.3 is 15.5 Å². The van der Waals surface area contributed by atoms with E-state index in [0.717, 1.165) is 25.7 Å². The zero-order valence-corrected chi connectivity index (χ0v) is 15.9. The van der Waals surface area contributed by atoms with E-state index in [4.69, 9.17) is 0 Å². The lowest BCUT2D eigenvalue weighted by atomic mass is 9.96.